The van der Waals surface area contributed by atoms with Crippen LogP contribution in [0.3, 0.4) is 0 Å². The minimum absolute atomic E-state index is 0.122. The molecule has 1 aromatic heterocycles. The van der Waals surface area contributed by atoms with Crippen LogP contribution in [0.15, 0.2) is 42.6 Å². The van der Waals surface area contributed by atoms with Crippen molar-refractivity contribution in [2.24, 2.45) is 0 Å². The van der Waals surface area contributed by atoms with Crippen molar-refractivity contribution in [3.8, 4) is 11.5 Å². The number of amides is 1. The lowest BCUT2D eigenvalue weighted by atomic mass is 9.94. The second-order valence-corrected chi connectivity index (χ2v) is 10.7. The lowest BCUT2D eigenvalue weighted by Crippen LogP contribution is -2.28. The molecule has 2 fully saturated rings. The summed E-state index contributed by atoms with van der Waals surface area (Å²) in [7, 11) is 0. The molecule has 0 spiro atoms. The number of rotatable bonds is 6. The number of β-amino-alcohol motifs (C(OH)–C–C–N with tert-alkyl or cyclic N) is 1. The average molecular weight is 516 g/mol. The van der Waals surface area contributed by atoms with Gasteiger partial charge in [0.25, 0.3) is 0 Å². The summed E-state index contributed by atoms with van der Waals surface area (Å²) in [6.07, 6.45) is 3.30. The van der Waals surface area contributed by atoms with E-state index in [4.69, 9.17) is 21.1 Å². The number of aliphatic hydroxyl groups excluding tert-OH is 1. The summed E-state index contributed by atoms with van der Waals surface area (Å²) in [6, 6.07) is 9.81. The third kappa shape index (κ3) is 4.16. The molecule has 182 valence electrons. The molecular formula is C25H23ClFN3O4S. The van der Waals surface area contributed by atoms with Crippen LogP contribution in [-0.4, -0.2) is 46.9 Å². The number of aliphatic hydroxyl groups is 1. The minimum atomic E-state index is -0.617. The number of carbonyl (C=O) groups is 1. The Hall–Kier alpha value is -2.72. The van der Waals surface area contributed by atoms with Crippen LogP contribution in [0.5, 0.6) is 11.5 Å². The Morgan fingerprint density at radius 3 is 2.83 bits per heavy atom. The van der Waals surface area contributed by atoms with E-state index in [0.29, 0.717) is 46.7 Å². The summed E-state index contributed by atoms with van der Waals surface area (Å²) >= 11 is 7.29. The van der Waals surface area contributed by atoms with Gasteiger partial charge < -0.3 is 19.9 Å². The topological polar surface area (TPSA) is 83.9 Å². The van der Waals surface area contributed by atoms with Gasteiger partial charge in [-0.25, -0.2) is 9.37 Å². The zero-order valence-electron chi connectivity index (χ0n) is 18.7. The number of likely N-dealkylation sites (tertiary alicyclic amines) is 1. The third-order valence-corrected chi connectivity index (χ3v) is 8.14. The van der Waals surface area contributed by atoms with Crippen molar-refractivity contribution in [1.82, 2.24) is 9.88 Å². The Bertz CT molecular complexity index is 1300. The van der Waals surface area contributed by atoms with E-state index in [-0.39, 0.29) is 12.7 Å². The molecule has 2 atom stereocenters. The molecule has 1 amide bonds. The monoisotopic (exact) mass is 515 g/mol. The number of carbonyl (C=O) groups excluding carboxylic acids is 1. The Morgan fingerprint density at radius 2 is 2.09 bits per heavy atom. The van der Waals surface area contributed by atoms with Crippen LogP contribution in [0.4, 0.5) is 9.52 Å². The molecule has 0 radical (unpaired) electrons. The molecule has 0 bridgehead atoms. The number of thiazole rings is 1. The second-order valence-electron chi connectivity index (χ2n) is 9.18. The maximum Gasteiger partial charge on any atom is 0.236 e. The van der Waals surface area contributed by atoms with Gasteiger partial charge in [-0.3, -0.25) is 9.69 Å². The Morgan fingerprint density at radius 1 is 1.26 bits per heavy atom. The smallest absolute Gasteiger partial charge is 0.236 e. The van der Waals surface area contributed by atoms with Crippen LogP contribution >= 0.6 is 22.9 Å². The zero-order valence-corrected chi connectivity index (χ0v) is 20.2. The van der Waals surface area contributed by atoms with Gasteiger partial charge in [-0.05, 0) is 49.1 Å². The summed E-state index contributed by atoms with van der Waals surface area (Å²) in [6.45, 7) is 1.24. The van der Waals surface area contributed by atoms with E-state index in [1.54, 1.807) is 18.3 Å². The van der Waals surface area contributed by atoms with Crippen LogP contribution in [0.25, 0.3) is 0 Å². The number of fused-ring (bicyclic) bond motifs is 1. The molecule has 2 aromatic carbocycles. The van der Waals surface area contributed by atoms with Crippen molar-refractivity contribution in [3.63, 3.8) is 0 Å². The predicted octanol–water partition coefficient (Wildman–Crippen LogP) is 4.49. The fraction of sp³-hybridized carbons (Fsp3) is 0.360. The van der Waals surface area contributed by atoms with Gasteiger partial charge in [0.1, 0.15) is 5.82 Å². The van der Waals surface area contributed by atoms with E-state index in [0.717, 1.165) is 23.3 Å². The third-order valence-electron chi connectivity index (χ3n) is 6.94. The number of anilines is 1. The van der Waals surface area contributed by atoms with Gasteiger partial charge in [0.2, 0.25) is 12.7 Å². The van der Waals surface area contributed by atoms with E-state index in [1.807, 2.05) is 23.1 Å². The first kappa shape index (κ1) is 22.7. The van der Waals surface area contributed by atoms with Crippen molar-refractivity contribution in [2.75, 3.05) is 25.2 Å². The number of halogens is 2. The summed E-state index contributed by atoms with van der Waals surface area (Å²) in [4.78, 5) is 20.6. The highest BCUT2D eigenvalue weighted by Crippen LogP contribution is 2.51. The number of nitrogens with zero attached hydrogens (tertiary/aromatic N) is 2. The Labute approximate surface area is 210 Å². The van der Waals surface area contributed by atoms with E-state index < -0.39 is 23.4 Å². The molecule has 35 heavy (non-hydrogen) atoms. The van der Waals surface area contributed by atoms with Crippen molar-refractivity contribution >= 4 is 34.0 Å². The van der Waals surface area contributed by atoms with Crippen molar-refractivity contribution < 1.29 is 23.8 Å². The second kappa shape index (κ2) is 8.74. The summed E-state index contributed by atoms with van der Waals surface area (Å²) < 4.78 is 25.8. The summed E-state index contributed by atoms with van der Waals surface area (Å²) in [5.41, 5.74) is 0.736. The molecule has 1 saturated heterocycles. The van der Waals surface area contributed by atoms with Gasteiger partial charge >= 0.3 is 0 Å². The number of hydrogen-bond acceptors (Lipinski definition) is 7. The molecule has 1 unspecified atom stereocenters. The van der Waals surface area contributed by atoms with Gasteiger partial charge in [-0.1, -0.05) is 35.1 Å². The van der Waals surface area contributed by atoms with E-state index in [2.05, 4.69) is 10.3 Å². The molecule has 10 heteroatoms. The molecule has 2 N–H and O–H groups in total. The first-order valence-electron chi connectivity index (χ1n) is 11.5. The highest BCUT2D eigenvalue weighted by Gasteiger charge is 2.52. The largest absolute Gasteiger partial charge is 0.454 e. The molecule has 3 aliphatic rings. The van der Waals surface area contributed by atoms with E-state index in [1.165, 1.54) is 17.4 Å². The number of ether oxygens (including phenoxy) is 2. The Kier molecular flexibility index (Phi) is 5.68. The Balaban J connectivity index is 1.25. The SMILES string of the molecule is O=C(Nc1ncc(C(c2ccc(Cl)cc2F)N2CC[C@@H](O)C2)s1)C1(c2ccc3c(c2)OCO3)CC1. The minimum Gasteiger partial charge on any atom is -0.454 e. The van der Waals surface area contributed by atoms with Crippen molar-refractivity contribution in [3.05, 3.63) is 69.4 Å². The van der Waals surface area contributed by atoms with Crippen molar-refractivity contribution in [1.29, 1.82) is 0 Å². The predicted molar refractivity (Wildman–Crippen MR) is 130 cm³/mol. The van der Waals surface area contributed by atoms with Crippen molar-refractivity contribution in [2.45, 2.75) is 36.8 Å². The molecule has 3 heterocycles. The van der Waals surface area contributed by atoms with Crippen LogP contribution in [0.1, 0.15) is 41.3 Å². The molecular weight excluding hydrogens is 493 g/mol. The van der Waals surface area contributed by atoms with Crippen LogP contribution in [0.2, 0.25) is 5.02 Å². The van der Waals surface area contributed by atoms with Crippen LogP contribution in [-0.2, 0) is 10.2 Å². The molecule has 2 aliphatic heterocycles. The van der Waals surface area contributed by atoms with Gasteiger partial charge in [-0.15, -0.1) is 0 Å². The van der Waals surface area contributed by atoms with Gasteiger partial charge in [-0.2, -0.15) is 0 Å². The van der Waals surface area contributed by atoms with E-state index >= 15 is 0 Å². The maximum atomic E-state index is 14.9. The lowest BCUT2D eigenvalue weighted by Gasteiger charge is -2.27. The summed E-state index contributed by atoms with van der Waals surface area (Å²) in [5.74, 6) is 0.798. The highest BCUT2D eigenvalue weighted by molar-refractivity contribution is 7.15. The number of benzene rings is 2. The maximum absolute atomic E-state index is 14.9. The molecule has 3 aromatic rings. The zero-order chi connectivity index (χ0) is 24.2. The first-order chi connectivity index (χ1) is 16.9. The van der Waals surface area contributed by atoms with E-state index in [9.17, 15) is 14.3 Å². The molecule has 1 saturated carbocycles. The fourth-order valence-electron chi connectivity index (χ4n) is 4.91. The lowest BCUT2D eigenvalue weighted by molar-refractivity contribution is -0.118. The standard InChI is InChI=1S/C25H23ClFN3O4S/c26-15-2-3-17(18(27)10-15)22(30-8-5-16(31)12-30)21-11-28-24(35-21)29-23(32)25(6-7-25)14-1-4-19-20(9-14)34-13-33-19/h1-4,9-11,16,22,31H,5-8,12-13H2,(H,28,29,32)/t16-,22?/m1/s1. The molecule has 6 rings (SSSR count). The summed E-state index contributed by atoms with van der Waals surface area (Å²) in [5, 5.41) is 13.9. The van der Waals surface area contributed by atoms with Crippen LogP contribution < -0.4 is 14.8 Å². The first-order valence-corrected chi connectivity index (χ1v) is 12.7. The molecule has 7 nitrogen and oxygen atoms in total. The highest BCUT2D eigenvalue weighted by atomic mass is 35.5. The number of aromatic nitrogens is 1. The molecule has 1 aliphatic carbocycles. The fourth-order valence-corrected chi connectivity index (χ4v) is 6.03. The quantitative estimate of drug-likeness (QED) is 0.503. The van der Waals surface area contributed by atoms with Gasteiger partial charge in [0.15, 0.2) is 16.6 Å². The van der Waals surface area contributed by atoms with Crippen LogP contribution in [0, 0.1) is 5.82 Å². The van der Waals surface area contributed by atoms with Gasteiger partial charge in [0.05, 0.1) is 17.6 Å². The normalized spacial score (nSPS) is 21.2. The average Bonchev–Trinajstić information content (AvgIpc) is 3.12. The number of hydrogen-bond donors (Lipinski definition) is 2. The van der Waals surface area contributed by atoms with Gasteiger partial charge in [0, 0.05) is 34.7 Å². The number of nitrogens with one attached hydrogen (secondary N) is 1.